The summed E-state index contributed by atoms with van der Waals surface area (Å²) in [6.07, 6.45) is 2.12. The van der Waals surface area contributed by atoms with Crippen molar-refractivity contribution in [3.05, 3.63) is 42.1 Å². The van der Waals surface area contributed by atoms with Crippen LogP contribution in [0.4, 0.5) is 16.3 Å². The maximum absolute atomic E-state index is 12.6. The van der Waals surface area contributed by atoms with E-state index >= 15 is 0 Å². The summed E-state index contributed by atoms with van der Waals surface area (Å²) in [5.74, 6) is 0.387. The summed E-state index contributed by atoms with van der Waals surface area (Å²) >= 11 is 0. The molecule has 26 heavy (non-hydrogen) atoms. The molecule has 1 unspecified atom stereocenters. The summed E-state index contributed by atoms with van der Waals surface area (Å²) in [6, 6.07) is 7.89. The van der Waals surface area contributed by atoms with Gasteiger partial charge in [-0.15, -0.1) is 0 Å². The third kappa shape index (κ3) is 2.73. The van der Waals surface area contributed by atoms with Crippen molar-refractivity contribution in [2.24, 2.45) is 0 Å². The molecule has 134 valence electrons. The van der Waals surface area contributed by atoms with Crippen molar-refractivity contribution in [3.8, 4) is 0 Å². The number of imide groups is 1. The Kier molecular flexibility index (Phi) is 3.95. The molecule has 0 radical (unpaired) electrons. The Labute approximate surface area is 150 Å². The second kappa shape index (κ2) is 6.29. The van der Waals surface area contributed by atoms with Crippen LogP contribution >= 0.6 is 0 Å². The van der Waals surface area contributed by atoms with Crippen LogP contribution in [0, 0.1) is 6.92 Å². The monoisotopic (exact) mass is 353 g/mol. The van der Waals surface area contributed by atoms with Crippen LogP contribution in [0.2, 0.25) is 0 Å². The molecule has 1 aromatic heterocycles. The molecule has 8 heteroatoms. The number of rotatable bonds is 4. The first-order valence-corrected chi connectivity index (χ1v) is 8.58. The van der Waals surface area contributed by atoms with Crippen LogP contribution < -0.4 is 15.1 Å². The standard InChI is InChI=1S/C18H19N5O3/c1-12-3-2-4-13(11-12)23-17(25)14(20-18(23)26)5-6-16(24)21-9-10-22-15(21)7-8-19-22/h2-4,7-8,11,14H,5-6,9-10H2,1H3,(H,20,26). The van der Waals surface area contributed by atoms with Crippen molar-refractivity contribution in [2.45, 2.75) is 32.4 Å². The van der Waals surface area contributed by atoms with Gasteiger partial charge in [-0.05, 0) is 31.0 Å². The number of amides is 4. The second-order valence-corrected chi connectivity index (χ2v) is 6.51. The predicted molar refractivity (Wildman–Crippen MR) is 94.8 cm³/mol. The summed E-state index contributed by atoms with van der Waals surface area (Å²) in [4.78, 5) is 40.2. The van der Waals surface area contributed by atoms with E-state index in [4.69, 9.17) is 0 Å². The third-order valence-corrected chi connectivity index (χ3v) is 4.73. The number of aryl methyl sites for hydroxylation is 1. The maximum Gasteiger partial charge on any atom is 0.329 e. The highest BCUT2D eigenvalue weighted by Gasteiger charge is 2.39. The molecule has 1 fully saturated rings. The van der Waals surface area contributed by atoms with Crippen LogP contribution in [-0.2, 0) is 16.1 Å². The Balaban J connectivity index is 1.41. The van der Waals surface area contributed by atoms with E-state index < -0.39 is 12.1 Å². The van der Waals surface area contributed by atoms with Crippen LogP contribution in [-0.4, -0.2) is 40.2 Å². The Morgan fingerprint density at radius 1 is 1.27 bits per heavy atom. The molecule has 2 aliphatic heterocycles. The lowest BCUT2D eigenvalue weighted by molar-refractivity contribution is -0.120. The fourth-order valence-electron chi connectivity index (χ4n) is 3.43. The molecule has 2 aliphatic rings. The van der Waals surface area contributed by atoms with Crippen molar-refractivity contribution >= 4 is 29.4 Å². The molecule has 0 aliphatic carbocycles. The number of urea groups is 1. The number of fused-ring (bicyclic) bond motifs is 1. The van der Waals surface area contributed by atoms with Crippen LogP contribution in [0.3, 0.4) is 0 Å². The van der Waals surface area contributed by atoms with Crippen LogP contribution in [0.25, 0.3) is 0 Å². The van der Waals surface area contributed by atoms with Gasteiger partial charge < -0.3 is 5.32 Å². The minimum atomic E-state index is -0.681. The van der Waals surface area contributed by atoms with Gasteiger partial charge in [-0.1, -0.05) is 12.1 Å². The van der Waals surface area contributed by atoms with Crippen LogP contribution in [0.15, 0.2) is 36.5 Å². The van der Waals surface area contributed by atoms with Gasteiger partial charge in [0.1, 0.15) is 11.9 Å². The second-order valence-electron chi connectivity index (χ2n) is 6.51. The number of benzene rings is 1. The quantitative estimate of drug-likeness (QED) is 0.843. The number of nitrogens with one attached hydrogen (secondary N) is 1. The van der Waals surface area contributed by atoms with Crippen LogP contribution in [0.1, 0.15) is 18.4 Å². The highest BCUT2D eigenvalue weighted by atomic mass is 16.2. The Hall–Kier alpha value is -3.16. The number of nitrogens with zero attached hydrogens (tertiary/aromatic N) is 4. The fraction of sp³-hybridized carbons (Fsp3) is 0.333. The van der Waals surface area contributed by atoms with E-state index in [2.05, 4.69) is 10.4 Å². The zero-order valence-electron chi connectivity index (χ0n) is 14.4. The van der Waals surface area contributed by atoms with Crippen LogP contribution in [0.5, 0.6) is 0 Å². The number of carbonyl (C=O) groups excluding carboxylic acids is 3. The first-order valence-electron chi connectivity index (χ1n) is 8.58. The minimum absolute atomic E-state index is 0.0692. The SMILES string of the molecule is Cc1cccc(N2C(=O)NC(CCC(=O)N3CCn4nccc43)C2=O)c1. The van der Waals surface area contributed by atoms with E-state index in [0.29, 0.717) is 18.8 Å². The maximum atomic E-state index is 12.6. The van der Waals surface area contributed by atoms with Gasteiger partial charge in [0, 0.05) is 19.0 Å². The molecule has 8 nitrogen and oxygen atoms in total. The number of hydrogen-bond acceptors (Lipinski definition) is 4. The number of anilines is 2. The lowest BCUT2D eigenvalue weighted by Gasteiger charge is -2.16. The molecule has 1 atom stereocenters. The zero-order chi connectivity index (χ0) is 18.3. The number of aromatic nitrogens is 2. The summed E-state index contributed by atoms with van der Waals surface area (Å²) in [6.45, 7) is 3.16. The van der Waals surface area contributed by atoms with E-state index in [1.54, 1.807) is 40.0 Å². The molecule has 4 rings (SSSR count). The van der Waals surface area contributed by atoms with E-state index in [1.165, 1.54) is 0 Å². The van der Waals surface area contributed by atoms with Gasteiger partial charge in [0.15, 0.2) is 0 Å². The number of carbonyl (C=O) groups is 3. The largest absolute Gasteiger partial charge is 0.329 e. The third-order valence-electron chi connectivity index (χ3n) is 4.73. The van der Waals surface area contributed by atoms with Crippen molar-refractivity contribution in [3.63, 3.8) is 0 Å². The Morgan fingerprint density at radius 2 is 2.12 bits per heavy atom. The Morgan fingerprint density at radius 3 is 2.92 bits per heavy atom. The van der Waals surface area contributed by atoms with E-state index in [9.17, 15) is 14.4 Å². The predicted octanol–water partition coefficient (Wildman–Crippen LogP) is 1.44. The van der Waals surface area contributed by atoms with Crippen molar-refractivity contribution in [1.29, 1.82) is 0 Å². The molecule has 0 bridgehead atoms. The molecule has 0 spiro atoms. The smallest absolute Gasteiger partial charge is 0.325 e. The fourth-order valence-corrected chi connectivity index (χ4v) is 3.43. The van der Waals surface area contributed by atoms with Crippen molar-refractivity contribution in [1.82, 2.24) is 15.1 Å². The van der Waals surface area contributed by atoms with E-state index in [0.717, 1.165) is 16.3 Å². The molecule has 3 heterocycles. The summed E-state index contributed by atoms with van der Waals surface area (Å²) < 4.78 is 1.78. The summed E-state index contributed by atoms with van der Waals surface area (Å²) in [5, 5.41) is 6.83. The van der Waals surface area contributed by atoms with E-state index in [1.807, 2.05) is 13.0 Å². The van der Waals surface area contributed by atoms with Gasteiger partial charge in [-0.2, -0.15) is 5.10 Å². The molecular weight excluding hydrogens is 334 g/mol. The average molecular weight is 353 g/mol. The molecule has 4 amide bonds. The normalized spacial score (nSPS) is 19.0. The molecular formula is C18H19N5O3. The molecule has 1 saturated heterocycles. The highest BCUT2D eigenvalue weighted by Crippen LogP contribution is 2.24. The average Bonchev–Trinajstić information content (AvgIpc) is 3.27. The highest BCUT2D eigenvalue weighted by molar-refractivity contribution is 6.21. The number of hydrogen-bond donors (Lipinski definition) is 1. The van der Waals surface area contributed by atoms with Gasteiger partial charge in [0.2, 0.25) is 5.91 Å². The van der Waals surface area contributed by atoms with Gasteiger partial charge in [-0.3, -0.25) is 14.5 Å². The first kappa shape index (κ1) is 16.3. The van der Waals surface area contributed by atoms with Gasteiger partial charge in [-0.25, -0.2) is 14.4 Å². The van der Waals surface area contributed by atoms with Crippen molar-refractivity contribution in [2.75, 3.05) is 16.3 Å². The summed E-state index contributed by atoms with van der Waals surface area (Å²) in [7, 11) is 0. The molecule has 2 aromatic rings. The van der Waals surface area contributed by atoms with E-state index in [-0.39, 0.29) is 24.7 Å². The molecule has 0 saturated carbocycles. The minimum Gasteiger partial charge on any atom is -0.325 e. The van der Waals surface area contributed by atoms with Gasteiger partial charge in [0.25, 0.3) is 5.91 Å². The zero-order valence-corrected chi connectivity index (χ0v) is 14.4. The Bertz CT molecular complexity index is 890. The van der Waals surface area contributed by atoms with Crippen molar-refractivity contribution < 1.29 is 14.4 Å². The molecule has 1 aromatic carbocycles. The van der Waals surface area contributed by atoms with Gasteiger partial charge >= 0.3 is 6.03 Å². The first-order chi connectivity index (χ1) is 12.5. The molecule has 1 N–H and O–H groups in total. The van der Waals surface area contributed by atoms with Gasteiger partial charge in [0.05, 0.1) is 18.4 Å². The lowest BCUT2D eigenvalue weighted by atomic mass is 10.1. The lowest BCUT2D eigenvalue weighted by Crippen LogP contribution is -2.34. The summed E-state index contributed by atoms with van der Waals surface area (Å²) in [5.41, 5.74) is 1.51. The topological polar surface area (TPSA) is 87.5 Å².